The van der Waals surface area contributed by atoms with E-state index in [4.69, 9.17) is 13.9 Å². The van der Waals surface area contributed by atoms with E-state index >= 15 is 0 Å². The van der Waals surface area contributed by atoms with Crippen LogP contribution in [-0.2, 0) is 13.0 Å². The van der Waals surface area contributed by atoms with Gasteiger partial charge in [0.1, 0.15) is 0 Å². The van der Waals surface area contributed by atoms with Gasteiger partial charge in [0.15, 0.2) is 11.5 Å². The monoisotopic (exact) mass is 365 g/mol. The van der Waals surface area contributed by atoms with Crippen molar-refractivity contribution in [2.24, 2.45) is 0 Å². The average Bonchev–Trinajstić information content (AvgIpc) is 3.12. The van der Waals surface area contributed by atoms with E-state index in [9.17, 15) is 0 Å². The molecule has 4 rings (SSSR count). The maximum Gasteiger partial charge on any atom is 0.230 e. The Labute approximate surface area is 158 Å². The molecule has 0 aliphatic carbocycles. The predicted octanol–water partition coefficient (Wildman–Crippen LogP) is 3.54. The highest BCUT2D eigenvalue weighted by Crippen LogP contribution is 2.41. The summed E-state index contributed by atoms with van der Waals surface area (Å²) >= 11 is 0. The molecule has 27 heavy (non-hydrogen) atoms. The maximum atomic E-state index is 5.63. The van der Waals surface area contributed by atoms with Gasteiger partial charge in [-0.1, -0.05) is 30.3 Å². The van der Waals surface area contributed by atoms with Crippen LogP contribution in [0, 0.1) is 6.92 Å². The molecule has 1 aromatic heterocycles. The molecule has 0 radical (unpaired) electrons. The second kappa shape index (κ2) is 7.40. The van der Waals surface area contributed by atoms with Crippen molar-refractivity contribution >= 4 is 0 Å². The van der Waals surface area contributed by atoms with E-state index in [0.29, 0.717) is 18.3 Å². The third-order valence-corrected chi connectivity index (χ3v) is 5.00. The number of aryl methyl sites for hydroxylation is 1. The number of methoxy groups -OCH3 is 2. The van der Waals surface area contributed by atoms with Gasteiger partial charge in [-0.05, 0) is 35.2 Å². The van der Waals surface area contributed by atoms with Crippen LogP contribution in [0.15, 0.2) is 46.9 Å². The summed E-state index contributed by atoms with van der Waals surface area (Å²) in [5.74, 6) is 2.74. The van der Waals surface area contributed by atoms with Crippen LogP contribution in [0.3, 0.4) is 0 Å². The first-order valence-corrected chi connectivity index (χ1v) is 9.02. The molecule has 0 unspecified atom stereocenters. The molecule has 0 saturated carbocycles. The number of nitrogens with zero attached hydrogens (tertiary/aromatic N) is 3. The molecule has 0 spiro atoms. The lowest BCUT2D eigenvalue weighted by atomic mass is 9.87. The van der Waals surface area contributed by atoms with E-state index in [1.54, 1.807) is 14.2 Å². The topological polar surface area (TPSA) is 60.6 Å². The number of hydrogen-bond donors (Lipinski definition) is 0. The van der Waals surface area contributed by atoms with Crippen molar-refractivity contribution in [3.63, 3.8) is 0 Å². The highest BCUT2D eigenvalue weighted by Gasteiger charge is 2.31. The van der Waals surface area contributed by atoms with E-state index in [1.165, 1.54) is 16.7 Å². The molecule has 6 heteroatoms. The zero-order chi connectivity index (χ0) is 18.8. The van der Waals surface area contributed by atoms with Crippen molar-refractivity contribution in [2.75, 3.05) is 20.8 Å². The molecular formula is C21H23N3O3. The van der Waals surface area contributed by atoms with Crippen LogP contribution in [0.2, 0.25) is 0 Å². The van der Waals surface area contributed by atoms with Crippen molar-refractivity contribution < 1.29 is 13.9 Å². The fourth-order valence-electron chi connectivity index (χ4n) is 3.77. The molecule has 0 amide bonds. The molecule has 0 saturated heterocycles. The number of fused-ring (bicyclic) bond motifs is 1. The quantitative estimate of drug-likeness (QED) is 0.689. The van der Waals surface area contributed by atoms with Gasteiger partial charge in [-0.2, -0.15) is 0 Å². The Morgan fingerprint density at radius 1 is 1.07 bits per heavy atom. The number of rotatable bonds is 5. The minimum absolute atomic E-state index is 0.0852. The van der Waals surface area contributed by atoms with Crippen molar-refractivity contribution in [1.29, 1.82) is 0 Å². The van der Waals surface area contributed by atoms with Crippen LogP contribution >= 0.6 is 0 Å². The van der Waals surface area contributed by atoms with Crippen LogP contribution < -0.4 is 9.47 Å². The minimum atomic E-state index is 0.0852. The van der Waals surface area contributed by atoms with Gasteiger partial charge in [-0.25, -0.2) is 0 Å². The van der Waals surface area contributed by atoms with E-state index in [-0.39, 0.29) is 6.04 Å². The lowest BCUT2D eigenvalue weighted by molar-refractivity contribution is 0.183. The highest BCUT2D eigenvalue weighted by molar-refractivity contribution is 5.51. The largest absolute Gasteiger partial charge is 0.493 e. The average molecular weight is 365 g/mol. The Morgan fingerprint density at radius 3 is 2.48 bits per heavy atom. The predicted molar refractivity (Wildman–Crippen MR) is 101 cm³/mol. The highest BCUT2D eigenvalue weighted by atomic mass is 16.5. The number of benzene rings is 2. The third-order valence-electron chi connectivity index (χ3n) is 5.00. The van der Waals surface area contributed by atoms with Crippen molar-refractivity contribution in [3.05, 3.63) is 70.9 Å². The second-order valence-corrected chi connectivity index (χ2v) is 6.65. The zero-order valence-corrected chi connectivity index (χ0v) is 15.8. The summed E-state index contributed by atoms with van der Waals surface area (Å²) < 4.78 is 16.7. The summed E-state index contributed by atoms with van der Waals surface area (Å²) in [6.45, 7) is 3.31. The van der Waals surface area contributed by atoms with E-state index < -0.39 is 0 Å². The van der Waals surface area contributed by atoms with Crippen molar-refractivity contribution in [3.8, 4) is 11.5 Å². The van der Waals surface area contributed by atoms with Crippen LogP contribution in [0.25, 0.3) is 0 Å². The van der Waals surface area contributed by atoms with Crippen molar-refractivity contribution in [2.45, 2.75) is 25.9 Å². The number of hydrogen-bond acceptors (Lipinski definition) is 6. The Bertz CT molecular complexity index is 924. The molecule has 140 valence electrons. The van der Waals surface area contributed by atoms with E-state index in [1.807, 2.05) is 13.0 Å². The SMILES string of the molecule is COc1cc2c(cc1OC)[C@@H](c1ccccc1)N(Cc1nnc(C)o1)CC2. The fourth-order valence-corrected chi connectivity index (χ4v) is 3.77. The number of ether oxygens (including phenoxy) is 2. The van der Waals surface area contributed by atoms with Gasteiger partial charge < -0.3 is 13.9 Å². The molecule has 0 bridgehead atoms. The maximum absolute atomic E-state index is 5.63. The molecular weight excluding hydrogens is 342 g/mol. The fraction of sp³-hybridized carbons (Fsp3) is 0.333. The molecule has 1 atom stereocenters. The summed E-state index contributed by atoms with van der Waals surface area (Å²) in [5, 5.41) is 8.15. The van der Waals surface area contributed by atoms with Crippen LogP contribution in [0.5, 0.6) is 11.5 Å². The first-order chi connectivity index (χ1) is 13.2. The van der Waals surface area contributed by atoms with Gasteiger partial charge in [0.25, 0.3) is 0 Å². The molecule has 2 heterocycles. The smallest absolute Gasteiger partial charge is 0.230 e. The lowest BCUT2D eigenvalue weighted by Gasteiger charge is -2.37. The summed E-state index contributed by atoms with van der Waals surface area (Å²) in [4.78, 5) is 2.37. The first-order valence-electron chi connectivity index (χ1n) is 9.02. The van der Waals surface area contributed by atoms with Gasteiger partial charge in [0.2, 0.25) is 11.8 Å². The molecule has 0 fully saturated rings. The molecule has 2 aromatic carbocycles. The molecule has 3 aromatic rings. The minimum Gasteiger partial charge on any atom is -0.493 e. The molecule has 6 nitrogen and oxygen atoms in total. The summed E-state index contributed by atoms with van der Waals surface area (Å²) in [6.07, 6.45) is 0.923. The van der Waals surface area contributed by atoms with Gasteiger partial charge in [0, 0.05) is 13.5 Å². The molecule has 1 aliphatic rings. The van der Waals surface area contributed by atoms with Crippen LogP contribution in [0.4, 0.5) is 0 Å². The van der Waals surface area contributed by atoms with Gasteiger partial charge in [0.05, 0.1) is 26.8 Å². The van der Waals surface area contributed by atoms with Crippen LogP contribution in [0.1, 0.15) is 34.5 Å². The Morgan fingerprint density at radius 2 is 1.81 bits per heavy atom. The van der Waals surface area contributed by atoms with Gasteiger partial charge in [-0.15, -0.1) is 10.2 Å². The van der Waals surface area contributed by atoms with Crippen LogP contribution in [-0.4, -0.2) is 35.9 Å². The molecule has 0 N–H and O–H groups in total. The lowest BCUT2D eigenvalue weighted by Crippen LogP contribution is -2.35. The summed E-state index contributed by atoms with van der Waals surface area (Å²) in [7, 11) is 3.34. The molecule has 1 aliphatic heterocycles. The van der Waals surface area contributed by atoms with E-state index in [2.05, 4.69) is 51.5 Å². The van der Waals surface area contributed by atoms with Gasteiger partial charge >= 0.3 is 0 Å². The Balaban J connectivity index is 1.78. The first kappa shape index (κ1) is 17.5. The van der Waals surface area contributed by atoms with E-state index in [0.717, 1.165) is 24.5 Å². The zero-order valence-electron chi connectivity index (χ0n) is 15.8. The normalized spacial score (nSPS) is 16.8. The Kier molecular flexibility index (Phi) is 4.81. The Hall–Kier alpha value is -2.86. The third kappa shape index (κ3) is 3.40. The van der Waals surface area contributed by atoms with Crippen molar-refractivity contribution in [1.82, 2.24) is 15.1 Å². The number of aromatic nitrogens is 2. The summed E-state index contributed by atoms with van der Waals surface area (Å²) in [6, 6.07) is 14.8. The van der Waals surface area contributed by atoms with Gasteiger partial charge in [-0.3, -0.25) is 4.90 Å². The standard InChI is InChI=1S/C21H23N3O3/c1-14-22-23-20(27-14)13-24-10-9-16-11-18(25-2)19(26-3)12-17(16)21(24)15-7-5-4-6-8-15/h4-8,11-12,21H,9-10,13H2,1-3H3/t21-/m1/s1. The summed E-state index contributed by atoms with van der Waals surface area (Å²) in [5.41, 5.74) is 3.72. The second-order valence-electron chi connectivity index (χ2n) is 6.65.